The molecule has 2 heterocycles. The summed E-state index contributed by atoms with van der Waals surface area (Å²) in [6.07, 6.45) is 0. The molecule has 0 aliphatic carbocycles. The maximum Gasteiger partial charge on any atom is 0.258 e. The zero-order chi connectivity index (χ0) is 20.5. The molecule has 0 radical (unpaired) electrons. The van der Waals surface area contributed by atoms with Crippen LogP contribution in [0.5, 0.6) is 0 Å². The summed E-state index contributed by atoms with van der Waals surface area (Å²) in [6, 6.07) is 14.0. The minimum Gasteiger partial charge on any atom is -0.334 e. The number of benzene rings is 2. The molecular weight excluding hydrogens is 392 g/mol. The average molecular weight is 409 g/mol. The molecule has 0 fully saturated rings. The zero-order valence-electron chi connectivity index (χ0n) is 15.8. The monoisotopic (exact) mass is 408 g/mol. The summed E-state index contributed by atoms with van der Waals surface area (Å²) in [4.78, 5) is 29.6. The number of anilines is 1. The van der Waals surface area contributed by atoms with Gasteiger partial charge in [0.1, 0.15) is 6.54 Å². The van der Waals surface area contributed by atoms with Gasteiger partial charge in [0.15, 0.2) is 5.82 Å². The second kappa shape index (κ2) is 7.52. The summed E-state index contributed by atoms with van der Waals surface area (Å²) < 4.78 is 6.64. The minimum absolute atomic E-state index is 0.160. The van der Waals surface area contributed by atoms with Crippen molar-refractivity contribution in [1.82, 2.24) is 14.7 Å². The molecule has 1 N–H and O–H groups in total. The van der Waals surface area contributed by atoms with Gasteiger partial charge in [0.2, 0.25) is 5.91 Å². The van der Waals surface area contributed by atoms with Crippen LogP contribution < -0.4 is 10.9 Å². The fourth-order valence-electron chi connectivity index (χ4n) is 3.14. The molecular formula is C21H17ClN4O3. The highest BCUT2D eigenvalue weighted by molar-refractivity contribution is 6.33. The van der Waals surface area contributed by atoms with E-state index >= 15 is 0 Å². The van der Waals surface area contributed by atoms with E-state index in [-0.39, 0.29) is 23.9 Å². The van der Waals surface area contributed by atoms with Crippen LogP contribution >= 0.6 is 11.6 Å². The number of halogens is 1. The average Bonchev–Trinajstić information content (AvgIpc) is 3.12. The summed E-state index contributed by atoms with van der Waals surface area (Å²) in [5.41, 5.74) is 2.26. The molecule has 1 amide bonds. The Hall–Kier alpha value is -3.45. The number of aromatic nitrogens is 3. The molecule has 0 bridgehead atoms. The van der Waals surface area contributed by atoms with E-state index in [0.717, 1.165) is 10.9 Å². The van der Waals surface area contributed by atoms with Gasteiger partial charge in [-0.3, -0.25) is 14.2 Å². The third-order valence-corrected chi connectivity index (χ3v) is 4.79. The molecule has 0 unspecified atom stereocenters. The standard InChI is InChI=1S/C21H17ClN4O3/c1-12-7-8-17(16(22)9-12)24-19(27)11-26-18-6-4-3-5-14(18)15(10-20(26)28)21-23-13(2)25-29-21/h3-10H,11H2,1-2H3,(H,24,27). The Morgan fingerprint density at radius 2 is 1.97 bits per heavy atom. The molecule has 29 heavy (non-hydrogen) atoms. The smallest absolute Gasteiger partial charge is 0.258 e. The third kappa shape index (κ3) is 3.77. The quantitative estimate of drug-likeness (QED) is 0.552. The van der Waals surface area contributed by atoms with Gasteiger partial charge >= 0.3 is 0 Å². The molecule has 0 aliphatic rings. The van der Waals surface area contributed by atoms with E-state index < -0.39 is 0 Å². The first-order valence-corrected chi connectivity index (χ1v) is 9.29. The van der Waals surface area contributed by atoms with Crippen molar-refractivity contribution in [1.29, 1.82) is 0 Å². The van der Waals surface area contributed by atoms with Gasteiger partial charge in [0, 0.05) is 11.5 Å². The lowest BCUT2D eigenvalue weighted by Crippen LogP contribution is -2.27. The summed E-state index contributed by atoms with van der Waals surface area (Å²) in [7, 11) is 0. The molecule has 2 aromatic heterocycles. The lowest BCUT2D eigenvalue weighted by molar-refractivity contribution is -0.116. The van der Waals surface area contributed by atoms with Crippen LogP contribution in [-0.2, 0) is 11.3 Å². The molecule has 2 aromatic carbocycles. The predicted octanol–water partition coefficient (Wildman–Crippen LogP) is 3.96. The van der Waals surface area contributed by atoms with Crippen LogP contribution in [0.25, 0.3) is 22.4 Å². The highest BCUT2D eigenvalue weighted by atomic mass is 35.5. The summed E-state index contributed by atoms with van der Waals surface area (Å²) >= 11 is 6.19. The Kier molecular flexibility index (Phi) is 4.90. The molecule has 0 saturated heterocycles. The molecule has 4 rings (SSSR count). The van der Waals surface area contributed by atoms with Crippen LogP contribution in [0, 0.1) is 13.8 Å². The number of nitrogens with one attached hydrogen (secondary N) is 1. The molecule has 0 saturated carbocycles. The van der Waals surface area contributed by atoms with Crippen molar-refractivity contribution in [3.8, 4) is 11.5 Å². The number of amides is 1. The van der Waals surface area contributed by atoms with Gasteiger partial charge in [0.25, 0.3) is 11.4 Å². The van der Waals surface area contributed by atoms with Crippen molar-refractivity contribution in [3.05, 3.63) is 75.3 Å². The number of hydrogen-bond acceptors (Lipinski definition) is 5. The largest absolute Gasteiger partial charge is 0.334 e. The van der Waals surface area contributed by atoms with Gasteiger partial charge in [-0.25, -0.2) is 0 Å². The summed E-state index contributed by atoms with van der Waals surface area (Å²) in [5.74, 6) is 0.380. The number of fused-ring (bicyclic) bond motifs is 1. The van der Waals surface area contributed by atoms with E-state index in [2.05, 4.69) is 15.5 Å². The minimum atomic E-state index is -0.357. The Balaban J connectivity index is 1.72. The van der Waals surface area contributed by atoms with Crippen LogP contribution in [-0.4, -0.2) is 20.6 Å². The lowest BCUT2D eigenvalue weighted by Gasteiger charge is -2.13. The van der Waals surface area contributed by atoms with Crippen LogP contribution in [0.15, 0.2) is 57.8 Å². The van der Waals surface area contributed by atoms with Crippen molar-refractivity contribution in [2.75, 3.05) is 5.32 Å². The number of carbonyl (C=O) groups excluding carboxylic acids is 1. The van der Waals surface area contributed by atoms with Gasteiger partial charge < -0.3 is 9.84 Å². The number of aryl methyl sites for hydroxylation is 2. The summed E-state index contributed by atoms with van der Waals surface area (Å²) in [6.45, 7) is 3.46. The first kappa shape index (κ1) is 18.9. The first-order chi connectivity index (χ1) is 13.9. The van der Waals surface area contributed by atoms with Crippen LogP contribution in [0.3, 0.4) is 0 Å². The van der Waals surface area contributed by atoms with Gasteiger partial charge in [-0.05, 0) is 37.6 Å². The molecule has 146 valence electrons. The number of para-hydroxylation sites is 1. The number of rotatable bonds is 4. The number of carbonyl (C=O) groups is 1. The van der Waals surface area contributed by atoms with Gasteiger partial charge in [-0.15, -0.1) is 0 Å². The fraction of sp³-hybridized carbons (Fsp3) is 0.143. The molecule has 0 spiro atoms. The van der Waals surface area contributed by atoms with Crippen molar-refractivity contribution >= 4 is 34.1 Å². The topological polar surface area (TPSA) is 90.0 Å². The Bertz CT molecular complexity index is 1290. The molecule has 0 aliphatic heterocycles. The fourth-order valence-corrected chi connectivity index (χ4v) is 3.42. The van der Waals surface area contributed by atoms with Crippen LogP contribution in [0.2, 0.25) is 5.02 Å². The summed E-state index contributed by atoms with van der Waals surface area (Å²) in [5, 5.41) is 7.72. The second-order valence-corrected chi connectivity index (χ2v) is 7.08. The van der Waals surface area contributed by atoms with E-state index in [4.69, 9.17) is 16.1 Å². The van der Waals surface area contributed by atoms with Crippen LogP contribution in [0.4, 0.5) is 5.69 Å². The van der Waals surface area contributed by atoms with Crippen molar-refractivity contribution in [2.24, 2.45) is 0 Å². The lowest BCUT2D eigenvalue weighted by atomic mass is 10.1. The maximum atomic E-state index is 12.8. The Morgan fingerprint density at radius 3 is 2.69 bits per heavy atom. The van der Waals surface area contributed by atoms with Gasteiger partial charge in [-0.1, -0.05) is 41.0 Å². The van der Waals surface area contributed by atoms with Crippen molar-refractivity contribution in [3.63, 3.8) is 0 Å². The Morgan fingerprint density at radius 1 is 1.17 bits per heavy atom. The predicted molar refractivity (Wildman–Crippen MR) is 111 cm³/mol. The van der Waals surface area contributed by atoms with E-state index in [1.807, 2.05) is 25.1 Å². The maximum absolute atomic E-state index is 12.8. The Labute approximate surface area is 170 Å². The number of pyridine rings is 1. The highest BCUT2D eigenvalue weighted by Gasteiger charge is 2.16. The van der Waals surface area contributed by atoms with Gasteiger partial charge in [0.05, 0.1) is 21.8 Å². The van der Waals surface area contributed by atoms with E-state index in [0.29, 0.717) is 27.6 Å². The van der Waals surface area contributed by atoms with E-state index in [1.54, 1.807) is 31.2 Å². The first-order valence-electron chi connectivity index (χ1n) is 8.91. The third-order valence-electron chi connectivity index (χ3n) is 4.48. The zero-order valence-corrected chi connectivity index (χ0v) is 16.5. The second-order valence-electron chi connectivity index (χ2n) is 6.68. The SMILES string of the molecule is Cc1ccc(NC(=O)Cn2c(=O)cc(-c3nc(C)no3)c3ccccc32)c(Cl)c1. The van der Waals surface area contributed by atoms with Crippen molar-refractivity contribution in [2.45, 2.75) is 20.4 Å². The van der Waals surface area contributed by atoms with Gasteiger partial charge in [-0.2, -0.15) is 4.98 Å². The molecule has 7 nitrogen and oxygen atoms in total. The van der Waals surface area contributed by atoms with E-state index in [1.165, 1.54) is 10.6 Å². The van der Waals surface area contributed by atoms with Crippen LogP contribution in [0.1, 0.15) is 11.4 Å². The van der Waals surface area contributed by atoms with E-state index in [9.17, 15) is 9.59 Å². The highest BCUT2D eigenvalue weighted by Crippen LogP contribution is 2.26. The molecule has 0 atom stereocenters. The number of nitrogens with zero attached hydrogens (tertiary/aromatic N) is 3. The molecule has 8 heteroatoms. The van der Waals surface area contributed by atoms with Crippen molar-refractivity contribution < 1.29 is 9.32 Å². The number of hydrogen-bond donors (Lipinski definition) is 1. The molecule has 4 aromatic rings. The normalized spacial score (nSPS) is 11.0.